The summed E-state index contributed by atoms with van der Waals surface area (Å²) in [5.41, 5.74) is 0. The Morgan fingerprint density at radius 1 is 1.22 bits per heavy atom. The van der Waals surface area contributed by atoms with Crippen molar-refractivity contribution < 1.29 is 4.79 Å². The van der Waals surface area contributed by atoms with Crippen LogP contribution >= 0.6 is 11.8 Å². The van der Waals surface area contributed by atoms with Gasteiger partial charge in [-0.05, 0) is 45.2 Å². The first-order valence-electron chi connectivity index (χ1n) is 10.4. The van der Waals surface area contributed by atoms with Crippen LogP contribution in [0.4, 0.5) is 0 Å². The smallest absolute Gasteiger partial charge is 0.233 e. The third-order valence-electron chi connectivity index (χ3n) is 5.34. The Morgan fingerprint density at radius 3 is 2.44 bits per heavy atom. The quantitative estimate of drug-likeness (QED) is 0.597. The molecule has 1 aromatic heterocycles. The molecule has 0 radical (unpaired) electrons. The number of amides is 1. The second-order valence-electron chi connectivity index (χ2n) is 8.27. The maximum Gasteiger partial charge on any atom is 0.233 e. The molecule has 0 spiro atoms. The van der Waals surface area contributed by atoms with Crippen molar-refractivity contribution in [1.29, 1.82) is 0 Å². The zero-order chi connectivity index (χ0) is 20.0. The summed E-state index contributed by atoms with van der Waals surface area (Å²) in [5.74, 6) is 2.87. The number of likely N-dealkylation sites (tertiary alicyclic amines) is 1. The van der Waals surface area contributed by atoms with E-state index in [1.54, 1.807) is 11.8 Å². The van der Waals surface area contributed by atoms with E-state index >= 15 is 0 Å². The second-order valence-corrected chi connectivity index (χ2v) is 9.21. The van der Waals surface area contributed by atoms with Crippen LogP contribution in [0.5, 0.6) is 0 Å². The van der Waals surface area contributed by atoms with Crippen LogP contribution in [0.15, 0.2) is 5.16 Å². The van der Waals surface area contributed by atoms with Crippen molar-refractivity contribution >= 4 is 17.7 Å². The summed E-state index contributed by atoms with van der Waals surface area (Å²) < 4.78 is 2.23. The Balaban J connectivity index is 2.08. The molecule has 6 nitrogen and oxygen atoms in total. The third kappa shape index (κ3) is 5.95. The number of aromatic nitrogens is 3. The Bertz CT molecular complexity index is 593. The lowest BCUT2D eigenvalue weighted by Crippen LogP contribution is -2.43. The molecule has 3 atom stereocenters. The van der Waals surface area contributed by atoms with E-state index in [4.69, 9.17) is 0 Å². The van der Waals surface area contributed by atoms with Gasteiger partial charge in [0, 0.05) is 19.6 Å². The zero-order valence-electron chi connectivity index (χ0n) is 17.9. The van der Waals surface area contributed by atoms with E-state index in [1.165, 1.54) is 6.42 Å². The van der Waals surface area contributed by atoms with Crippen molar-refractivity contribution in [1.82, 2.24) is 24.6 Å². The number of rotatable bonds is 9. The largest absolute Gasteiger partial charge is 0.341 e. The molecule has 0 saturated carbocycles. The molecule has 2 rings (SSSR count). The molecule has 0 N–H and O–H groups in total. The van der Waals surface area contributed by atoms with Crippen LogP contribution < -0.4 is 0 Å². The number of carbonyl (C=O) groups is 1. The van der Waals surface area contributed by atoms with Gasteiger partial charge in [0.05, 0.1) is 11.8 Å². The van der Waals surface area contributed by atoms with Crippen molar-refractivity contribution in [3.8, 4) is 0 Å². The summed E-state index contributed by atoms with van der Waals surface area (Å²) in [4.78, 5) is 17.0. The highest BCUT2D eigenvalue weighted by Crippen LogP contribution is 2.27. The Hall–Kier alpha value is -1.08. The molecule has 1 fully saturated rings. The number of nitrogens with zero attached hydrogens (tertiary/aromatic N) is 5. The molecule has 0 aliphatic carbocycles. The third-order valence-corrected chi connectivity index (χ3v) is 6.29. The molecule has 154 valence electrons. The topological polar surface area (TPSA) is 54.3 Å². The van der Waals surface area contributed by atoms with Crippen LogP contribution in [0.2, 0.25) is 0 Å². The molecule has 7 heteroatoms. The van der Waals surface area contributed by atoms with E-state index in [9.17, 15) is 4.79 Å². The fraction of sp³-hybridized carbons (Fsp3) is 0.850. The number of carbonyl (C=O) groups excluding carboxylic acids is 1. The van der Waals surface area contributed by atoms with Gasteiger partial charge in [0.1, 0.15) is 0 Å². The highest BCUT2D eigenvalue weighted by molar-refractivity contribution is 7.99. The van der Waals surface area contributed by atoms with Crippen molar-refractivity contribution in [2.45, 2.75) is 71.1 Å². The van der Waals surface area contributed by atoms with E-state index in [-0.39, 0.29) is 11.9 Å². The first-order chi connectivity index (χ1) is 12.9. The molecule has 1 aliphatic rings. The van der Waals surface area contributed by atoms with Gasteiger partial charge in [-0.25, -0.2) is 0 Å². The molecular weight excluding hydrogens is 358 g/mol. The number of hydrogen-bond donors (Lipinski definition) is 0. The maximum absolute atomic E-state index is 12.7. The minimum absolute atomic E-state index is 0.227. The summed E-state index contributed by atoms with van der Waals surface area (Å²) in [7, 11) is 4.17. The van der Waals surface area contributed by atoms with E-state index in [1.807, 2.05) is 4.90 Å². The molecule has 2 heterocycles. The monoisotopic (exact) mass is 395 g/mol. The van der Waals surface area contributed by atoms with Crippen LogP contribution in [-0.4, -0.2) is 63.4 Å². The summed E-state index contributed by atoms with van der Waals surface area (Å²) in [6.07, 6.45) is 4.43. The van der Waals surface area contributed by atoms with Gasteiger partial charge in [0.2, 0.25) is 5.91 Å². The predicted molar refractivity (Wildman–Crippen MR) is 112 cm³/mol. The average Bonchev–Trinajstić information content (AvgIpc) is 2.99. The Morgan fingerprint density at radius 2 is 1.89 bits per heavy atom. The molecule has 0 aromatic carbocycles. The number of unbranched alkanes of at least 4 members (excludes halogenated alkanes) is 1. The molecule has 0 bridgehead atoms. The van der Waals surface area contributed by atoms with E-state index in [0.717, 1.165) is 49.9 Å². The summed E-state index contributed by atoms with van der Waals surface area (Å²) >= 11 is 1.54. The maximum atomic E-state index is 12.7. The molecule has 1 aromatic rings. The summed E-state index contributed by atoms with van der Waals surface area (Å²) in [6, 6.07) is 0.253. The molecule has 3 unspecified atom stereocenters. The highest BCUT2D eigenvalue weighted by Gasteiger charge is 2.26. The fourth-order valence-corrected chi connectivity index (χ4v) is 4.92. The van der Waals surface area contributed by atoms with Gasteiger partial charge < -0.3 is 9.47 Å². The standard InChI is InChI=1S/C20H37N5OS/c1-7-9-10-25-19(17(8-2)23(5)6)21-22-20(25)27-14-18(26)24-12-15(3)11-16(4)13-24/h15-17H,7-14H2,1-6H3. The molecule has 1 amide bonds. The fourth-order valence-electron chi connectivity index (χ4n) is 4.04. The van der Waals surface area contributed by atoms with Crippen LogP contribution in [0.3, 0.4) is 0 Å². The highest BCUT2D eigenvalue weighted by atomic mass is 32.2. The average molecular weight is 396 g/mol. The van der Waals surface area contributed by atoms with Crippen molar-refractivity contribution in [2.75, 3.05) is 32.9 Å². The van der Waals surface area contributed by atoms with Gasteiger partial charge in [-0.3, -0.25) is 9.69 Å². The van der Waals surface area contributed by atoms with Crippen LogP contribution in [0, 0.1) is 11.8 Å². The molecule has 1 saturated heterocycles. The summed E-state index contributed by atoms with van der Waals surface area (Å²) in [6.45, 7) is 11.5. The van der Waals surface area contributed by atoms with Crippen LogP contribution in [0.1, 0.15) is 65.2 Å². The van der Waals surface area contributed by atoms with Gasteiger partial charge in [-0.15, -0.1) is 10.2 Å². The molecular formula is C20H37N5OS. The predicted octanol–water partition coefficient (Wildman–Crippen LogP) is 3.69. The Kier molecular flexibility index (Phi) is 8.61. The van der Waals surface area contributed by atoms with E-state index < -0.39 is 0 Å². The van der Waals surface area contributed by atoms with Crippen molar-refractivity contribution in [3.63, 3.8) is 0 Å². The van der Waals surface area contributed by atoms with Gasteiger partial charge in [0.15, 0.2) is 11.0 Å². The van der Waals surface area contributed by atoms with Crippen LogP contribution in [0.25, 0.3) is 0 Å². The van der Waals surface area contributed by atoms with Gasteiger partial charge >= 0.3 is 0 Å². The molecule has 27 heavy (non-hydrogen) atoms. The van der Waals surface area contributed by atoms with Gasteiger partial charge in [0.25, 0.3) is 0 Å². The number of hydrogen-bond acceptors (Lipinski definition) is 5. The van der Waals surface area contributed by atoms with E-state index in [2.05, 4.69) is 61.5 Å². The normalized spacial score (nSPS) is 21.7. The zero-order valence-corrected chi connectivity index (χ0v) is 18.8. The lowest BCUT2D eigenvalue weighted by molar-refractivity contribution is -0.130. The van der Waals surface area contributed by atoms with Crippen molar-refractivity contribution in [3.05, 3.63) is 5.82 Å². The van der Waals surface area contributed by atoms with Gasteiger partial charge in [-0.1, -0.05) is 45.9 Å². The first-order valence-corrected chi connectivity index (χ1v) is 11.4. The lowest BCUT2D eigenvalue weighted by Gasteiger charge is -2.35. The summed E-state index contributed by atoms with van der Waals surface area (Å²) in [5, 5.41) is 9.83. The van der Waals surface area contributed by atoms with Crippen molar-refractivity contribution in [2.24, 2.45) is 11.8 Å². The second kappa shape index (κ2) is 10.5. The van der Waals surface area contributed by atoms with Gasteiger partial charge in [-0.2, -0.15) is 0 Å². The Labute approximate surface area is 169 Å². The number of thioether (sulfide) groups is 1. The first kappa shape index (κ1) is 22.2. The molecule has 1 aliphatic heterocycles. The SMILES string of the molecule is CCCCn1c(SCC(=O)N2CC(C)CC(C)C2)nnc1C(CC)N(C)C. The lowest BCUT2D eigenvalue weighted by atomic mass is 9.92. The van der Waals surface area contributed by atoms with E-state index in [0.29, 0.717) is 17.6 Å². The minimum Gasteiger partial charge on any atom is -0.341 e. The minimum atomic E-state index is 0.227. The van der Waals surface area contributed by atoms with Crippen LogP contribution in [-0.2, 0) is 11.3 Å². The number of piperidine rings is 1.